The number of carbonyl (C=O) groups excluding carboxylic acids is 1. The Labute approximate surface area is 101 Å². The van der Waals surface area contributed by atoms with E-state index in [-0.39, 0.29) is 5.91 Å². The van der Waals surface area contributed by atoms with Crippen molar-refractivity contribution in [3.63, 3.8) is 0 Å². The third-order valence-electron chi connectivity index (χ3n) is 2.93. The third kappa shape index (κ3) is 3.71. The van der Waals surface area contributed by atoms with Crippen LogP contribution in [0.2, 0.25) is 0 Å². The van der Waals surface area contributed by atoms with Gasteiger partial charge in [-0.1, -0.05) is 12.8 Å². The van der Waals surface area contributed by atoms with Crippen LogP contribution in [-0.4, -0.2) is 17.4 Å². The molecule has 1 aliphatic carbocycles. The Bertz CT molecular complexity index is 373. The summed E-state index contributed by atoms with van der Waals surface area (Å²) >= 11 is 0. The van der Waals surface area contributed by atoms with Crippen molar-refractivity contribution in [3.8, 4) is 0 Å². The summed E-state index contributed by atoms with van der Waals surface area (Å²) in [5.41, 5.74) is 3.59. The van der Waals surface area contributed by atoms with Gasteiger partial charge in [-0.3, -0.25) is 10.6 Å². The topological polar surface area (TPSA) is 80.0 Å². The van der Waals surface area contributed by atoms with E-state index >= 15 is 0 Å². The van der Waals surface area contributed by atoms with Crippen LogP contribution >= 0.6 is 0 Å². The van der Waals surface area contributed by atoms with Crippen molar-refractivity contribution in [2.75, 3.05) is 12.0 Å². The lowest BCUT2D eigenvalue weighted by Crippen LogP contribution is -2.25. The quantitative estimate of drug-likeness (QED) is 0.393. The lowest BCUT2D eigenvalue weighted by Gasteiger charge is -2.05. The van der Waals surface area contributed by atoms with E-state index in [0.29, 0.717) is 11.4 Å². The molecule has 1 aliphatic rings. The molecule has 0 aliphatic heterocycles. The van der Waals surface area contributed by atoms with Crippen LogP contribution in [0.25, 0.3) is 0 Å². The molecule has 0 radical (unpaired) electrons. The van der Waals surface area contributed by atoms with E-state index in [9.17, 15) is 4.79 Å². The minimum atomic E-state index is -0.121. The van der Waals surface area contributed by atoms with Gasteiger partial charge in [-0.05, 0) is 30.9 Å². The van der Waals surface area contributed by atoms with Gasteiger partial charge in [0.25, 0.3) is 5.91 Å². The average Bonchev–Trinajstić information content (AvgIpc) is 3.18. The van der Waals surface area contributed by atoms with Crippen molar-refractivity contribution in [2.45, 2.75) is 25.7 Å². The normalized spacial score (nSPS) is 14.4. The highest BCUT2D eigenvalue weighted by atomic mass is 16.1. The maximum absolute atomic E-state index is 11.7. The van der Waals surface area contributed by atoms with Crippen molar-refractivity contribution < 1.29 is 4.79 Å². The second-order valence-corrected chi connectivity index (χ2v) is 4.42. The van der Waals surface area contributed by atoms with Gasteiger partial charge in [-0.2, -0.15) is 0 Å². The number of hydrogen-bond donors (Lipinski definition) is 3. The first-order chi connectivity index (χ1) is 8.29. The lowest BCUT2D eigenvalue weighted by atomic mass is 10.2. The number of pyridine rings is 1. The fourth-order valence-corrected chi connectivity index (χ4v) is 1.70. The number of nitrogens with zero attached hydrogens (tertiary/aromatic N) is 1. The number of carbonyl (C=O) groups is 1. The van der Waals surface area contributed by atoms with Gasteiger partial charge in [0.2, 0.25) is 0 Å². The van der Waals surface area contributed by atoms with Crippen LogP contribution in [0.3, 0.4) is 0 Å². The molecule has 1 heterocycles. The molecule has 0 aromatic carbocycles. The number of nitrogens with one attached hydrogen (secondary N) is 2. The molecule has 5 nitrogen and oxygen atoms in total. The van der Waals surface area contributed by atoms with Gasteiger partial charge in [-0.15, -0.1) is 0 Å². The first kappa shape index (κ1) is 11.9. The summed E-state index contributed by atoms with van der Waals surface area (Å²) in [5.74, 6) is 6.01. The van der Waals surface area contributed by atoms with Crippen molar-refractivity contribution in [3.05, 3.63) is 24.0 Å². The maximum Gasteiger partial charge on any atom is 0.269 e. The standard InChI is InChI=1S/C12H18N4O/c13-16-10-5-6-11(15-8-10)12(17)14-7-1-2-9-3-4-9/h5-6,8-9,16H,1-4,7,13H2,(H,14,17). The first-order valence-corrected chi connectivity index (χ1v) is 6.00. The molecular formula is C12H18N4O. The molecule has 4 N–H and O–H groups in total. The highest BCUT2D eigenvalue weighted by Gasteiger charge is 2.20. The molecule has 2 rings (SSSR count). The molecule has 1 aromatic rings. The number of hydrazine groups is 1. The fraction of sp³-hybridized carbons (Fsp3) is 0.500. The number of nitrogens with two attached hydrogens (primary N) is 1. The number of rotatable bonds is 6. The summed E-state index contributed by atoms with van der Waals surface area (Å²) in [6, 6.07) is 3.39. The van der Waals surface area contributed by atoms with Crippen molar-refractivity contribution >= 4 is 11.6 Å². The van der Waals surface area contributed by atoms with E-state index in [1.165, 1.54) is 19.3 Å². The van der Waals surface area contributed by atoms with Crippen LogP contribution in [0.1, 0.15) is 36.2 Å². The largest absolute Gasteiger partial charge is 0.351 e. The lowest BCUT2D eigenvalue weighted by molar-refractivity contribution is 0.0948. The molecule has 1 aromatic heterocycles. The third-order valence-corrected chi connectivity index (χ3v) is 2.93. The number of anilines is 1. The zero-order chi connectivity index (χ0) is 12.1. The van der Waals surface area contributed by atoms with Crippen molar-refractivity contribution in [1.29, 1.82) is 0 Å². The molecule has 0 bridgehead atoms. The van der Waals surface area contributed by atoms with Gasteiger partial charge in [0, 0.05) is 6.54 Å². The van der Waals surface area contributed by atoms with Crippen LogP contribution < -0.4 is 16.6 Å². The zero-order valence-electron chi connectivity index (χ0n) is 9.78. The predicted molar refractivity (Wildman–Crippen MR) is 66.3 cm³/mol. The van der Waals surface area contributed by atoms with E-state index in [1.807, 2.05) is 0 Å². The van der Waals surface area contributed by atoms with E-state index < -0.39 is 0 Å². The summed E-state index contributed by atoms with van der Waals surface area (Å²) in [4.78, 5) is 15.7. The Kier molecular flexibility index (Phi) is 3.93. The molecular weight excluding hydrogens is 216 g/mol. The summed E-state index contributed by atoms with van der Waals surface area (Å²) in [6.45, 7) is 0.730. The molecule has 1 fully saturated rings. The van der Waals surface area contributed by atoms with Crippen LogP contribution in [0, 0.1) is 5.92 Å². The summed E-state index contributed by atoms with van der Waals surface area (Å²) < 4.78 is 0. The van der Waals surface area contributed by atoms with Crippen molar-refractivity contribution in [2.24, 2.45) is 11.8 Å². The van der Waals surface area contributed by atoms with Gasteiger partial charge in [0.1, 0.15) is 5.69 Å². The monoisotopic (exact) mass is 234 g/mol. The second-order valence-electron chi connectivity index (χ2n) is 4.42. The molecule has 1 saturated carbocycles. The zero-order valence-corrected chi connectivity index (χ0v) is 9.78. The number of hydrogen-bond acceptors (Lipinski definition) is 4. The summed E-state index contributed by atoms with van der Waals surface area (Å²) in [7, 11) is 0. The van der Waals surface area contributed by atoms with Crippen molar-refractivity contribution in [1.82, 2.24) is 10.3 Å². The first-order valence-electron chi connectivity index (χ1n) is 6.00. The minimum absolute atomic E-state index is 0.121. The fourth-order valence-electron chi connectivity index (χ4n) is 1.70. The van der Waals surface area contributed by atoms with E-state index in [2.05, 4.69) is 15.7 Å². The summed E-state index contributed by atoms with van der Waals surface area (Å²) in [6.07, 6.45) is 6.55. The number of aromatic nitrogens is 1. The van der Waals surface area contributed by atoms with Crippen LogP contribution in [0.15, 0.2) is 18.3 Å². The minimum Gasteiger partial charge on any atom is -0.351 e. The molecule has 17 heavy (non-hydrogen) atoms. The Morgan fingerprint density at radius 3 is 2.88 bits per heavy atom. The molecule has 0 atom stereocenters. The van der Waals surface area contributed by atoms with E-state index in [4.69, 9.17) is 5.84 Å². The molecule has 0 saturated heterocycles. The molecule has 92 valence electrons. The molecule has 0 unspecified atom stereocenters. The number of amides is 1. The predicted octanol–water partition coefficient (Wildman–Crippen LogP) is 1.29. The molecule has 0 spiro atoms. The second kappa shape index (κ2) is 5.63. The van der Waals surface area contributed by atoms with Gasteiger partial charge in [0.05, 0.1) is 11.9 Å². The molecule has 1 amide bonds. The van der Waals surface area contributed by atoms with Crippen LogP contribution in [0.5, 0.6) is 0 Å². The SMILES string of the molecule is NNc1ccc(C(=O)NCCCC2CC2)nc1. The van der Waals surface area contributed by atoms with Crippen LogP contribution in [0.4, 0.5) is 5.69 Å². The Balaban J connectivity index is 1.73. The van der Waals surface area contributed by atoms with Crippen LogP contribution in [-0.2, 0) is 0 Å². The van der Waals surface area contributed by atoms with E-state index in [1.54, 1.807) is 18.3 Å². The molecule has 5 heteroatoms. The Morgan fingerprint density at radius 1 is 1.47 bits per heavy atom. The summed E-state index contributed by atoms with van der Waals surface area (Å²) in [5, 5.41) is 2.87. The Morgan fingerprint density at radius 2 is 2.29 bits per heavy atom. The highest BCUT2D eigenvalue weighted by Crippen LogP contribution is 2.33. The Hall–Kier alpha value is -1.62. The number of nitrogen functional groups attached to an aromatic ring is 1. The highest BCUT2D eigenvalue weighted by molar-refractivity contribution is 5.92. The van der Waals surface area contributed by atoms with E-state index in [0.717, 1.165) is 18.9 Å². The van der Waals surface area contributed by atoms with Gasteiger partial charge < -0.3 is 10.7 Å². The smallest absolute Gasteiger partial charge is 0.269 e. The van der Waals surface area contributed by atoms with Gasteiger partial charge in [0.15, 0.2) is 0 Å². The average molecular weight is 234 g/mol. The maximum atomic E-state index is 11.7. The van der Waals surface area contributed by atoms with Gasteiger partial charge in [-0.25, -0.2) is 4.98 Å². The van der Waals surface area contributed by atoms with Gasteiger partial charge >= 0.3 is 0 Å².